The van der Waals surface area contributed by atoms with Crippen LogP contribution in [0.25, 0.3) is 27.4 Å². The van der Waals surface area contributed by atoms with Crippen molar-refractivity contribution in [2.45, 2.75) is 33.2 Å². The fourth-order valence-corrected chi connectivity index (χ4v) is 3.81. The van der Waals surface area contributed by atoms with Crippen molar-refractivity contribution < 1.29 is 5.32 Å². The van der Waals surface area contributed by atoms with Gasteiger partial charge in [0.2, 0.25) is 0 Å². The van der Waals surface area contributed by atoms with Crippen LogP contribution in [-0.4, -0.2) is 16.1 Å². The van der Waals surface area contributed by atoms with E-state index in [0.29, 0.717) is 11.3 Å². The summed E-state index contributed by atoms with van der Waals surface area (Å²) in [6.07, 6.45) is 1.14. The van der Waals surface area contributed by atoms with Crippen LogP contribution in [0.4, 0.5) is 0 Å². The highest BCUT2D eigenvalue weighted by atomic mass is 16.1. The lowest BCUT2D eigenvalue weighted by Crippen LogP contribution is -2.85. The maximum absolute atomic E-state index is 13.5. The second-order valence-corrected chi connectivity index (χ2v) is 8.15. The first-order chi connectivity index (χ1) is 14.0. The Morgan fingerprint density at radius 1 is 0.931 bits per heavy atom. The number of para-hydroxylation sites is 1. The number of aromatic nitrogens is 2. The van der Waals surface area contributed by atoms with Gasteiger partial charge in [0.15, 0.2) is 5.82 Å². The third-order valence-electron chi connectivity index (χ3n) is 5.46. The van der Waals surface area contributed by atoms with E-state index in [1.165, 1.54) is 0 Å². The predicted molar refractivity (Wildman–Crippen MR) is 120 cm³/mol. The average Bonchev–Trinajstić information content (AvgIpc) is 2.73. The molecule has 0 amide bonds. The molecule has 4 aromatic rings. The molecule has 4 rings (SSSR count). The Balaban J connectivity index is 1.87. The first kappa shape index (κ1) is 19.3. The molecule has 0 saturated carbocycles. The molecule has 0 radical (unpaired) electrons. The fourth-order valence-electron chi connectivity index (χ4n) is 3.81. The summed E-state index contributed by atoms with van der Waals surface area (Å²) >= 11 is 0. The van der Waals surface area contributed by atoms with Crippen LogP contribution >= 0.6 is 0 Å². The van der Waals surface area contributed by atoms with E-state index in [9.17, 15) is 4.79 Å². The molecule has 0 saturated heterocycles. The molecular weight excluding hydrogens is 358 g/mol. The van der Waals surface area contributed by atoms with Crippen molar-refractivity contribution in [2.24, 2.45) is 5.92 Å². The molecule has 0 fully saturated rings. The number of quaternary nitrogens is 1. The maximum atomic E-state index is 13.5. The number of fused-ring (bicyclic) bond motifs is 2. The molecule has 2 N–H and O–H groups in total. The molecular formula is C25H28N3O+. The van der Waals surface area contributed by atoms with Crippen molar-refractivity contribution in [1.82, 2.24) is 9.55 Å². The largest absolute Gasteiger partial charge is 0.338 e. The van der Waals surface area contributed by atoms with Gasteiger partial charge in [0.25, 0.3) is 5.56 Å². The topological polar surface area (TPSA) is 51.5 Å². The van der Waals surface area contributed by atoms with Crippen molar-refractivity contribution in [3.05, 3.63) is 82.9 Å². The minimum absolute atomic E-state index is 0.00927. The second kappa shape index (κ2) is 8.18. The quantitative estimate of drug-likeness (QED) is 0.540. The van der Waals surface area contributed by atoms with E-state index < -0.39 is 0 Å². The highest BCUT2D eigenvalue weighted by Crippen LogP contribution is 2.21. The van der Waals surface area contributed by atoms with Gasteiger partial charge < -0.3 is 5.32 Å². The zero-order valence-electron chi connectivity index (χ0n) is 17.3. The summed E-state index contributed by atoms with van der Waals surface area (Å²) in [5.41, 5.74) is 1.62. The summed E-state index contributed by atoms with van der Waals surface area (Å²) in [4.78, 5) is 18.4. The molecule has 29 heavy (non-hydrogen) atoms. The van der Waals surface area contributed by atoms with Crippen LogP contribution in [0.1, 0.15) is 39.1 Å². The minimum Gasteiger partial charge on any atom is -0.338 e. The van der Waals surface area contributed by atoms with Crippen LogP contribution in [0.2, 0.25) is 0 Å². The number of hydrogen-bond donors (Lipinski definition) is 1. The highest BCUT2D eigenvalue weighted by molar-refractivity contribution is 5.85. The zero-order chi connectivity index (χ0) is 20.4. The van der Waals surface area contributed by atoms with Gasteiger partial charge in [-0.05, 0) is 54.3 Å². The lowest BCUT2D eigenvalue weighted by atomic mass is 10.1. The molecule has 4 nitrogen and oxygen atoms in total. The van der Waals surface area contributed by atoms with Crippen molar-refractivity contribution in [1.29, 1.82) is 0 Å². The summed E-state index contributed by atoms with van der Waals surface area (Å²) < 4.78 is 1.80. The van der Waals surface area contributed by atoms with Crippen LogP contribution in [0.5, 0.6) is 0 Å². The van der Waals surface area contributed by atoms with Gasteiger partial charge in [0.05, 0.1) is 23.1 Å². The molecule has 0 aliphatic rings. The smallest absolute Gasteiger partial charge is 0.266 e. The molecule has 1 heterocycles. The number of nitrogens with zero attached hydrogens (tertiary/aromatic N) is 2. The van der Waals surface area contributed by atoms with Crippen molar-refractivity contribution >= 4 is 21.7 Å². The van der Waals surface area contributed by atoms with Gasteiger partial charge in [-0.2, -0.15) is 0 Å². The molecule has 0 aliphatic carbocycles. The second-order valence-electron chi connectivity index (χ2n) is 8.15. The van der Waals surface area contributed by atoms with E-state index >= 15 is 0 Å². The van der Waals surface area contributed by atoms with Gasteiger partial charge in [-0.1, -0.05) is 56.3 Å². The molecule has 1 aromatic heterocycles. The lowest BCUT2D eigenvalue weighted by Gasteiger charge is -2.18. The van der Waals surface area contributed by atoms with E-state index in [1.54, 1.807) is 4.57 Å². The molecule has 0 aliphatic heterocycles. The van der Waals surface area contributed by atoms with Gasteiger partial charge in [-0.15, -0.1) is 0 Å². The molecule has 4 heteroatoms. The Bertz CT molecular complexity index is 1210. The number of hydrogen-bond acceptors (Lipinski definition) is 2. The summed E-state index contributed by atoms with van der Waals surface area (Å²) in [6, 6.07) is 22.1. The first-order valence-corrected chi connectivity index (χ1v) is 10.4. The molecule has 0 spiro atoms. The molecule has 3 aromatic carbocycles. The molecule has 0 bridgehead atoms. The molecule has 1 atom stereocenters. The number of rotatable bonds is 6. The van der Waals surface area contributed by atoms with Crippen molar-refractivity contribution in [2.75, 3.05) is 6.54 Å². The van der Waals surface area contributed by atoms with Crippen molar-refractivity contribution in [3.63, 3.8) is 0 Å². The minimum atomic E-state index is -0.00927. The number of benzene rings is 3. The normalized spacial score (nSPS) is 12.7. The lowest BCUT2D eigenvalue weighted by molar-refractivity contribution is -0.694. The van der Waals surface area contributed by atoms with E-state index in [-0.39, 0.29) is 11.6 Å². The van der Waals surface area contributed by atoms with Crippen LogP contribution in [0, 0.1) is 5.92 Å². The van der Waals surface area contributed by atoms with Crippen molar-refractivity contribution in [3.8, 4) is 5.69 Å². The fraction of sp³-hybridized carbons (Fsp3) is 0.280. The van der Waals surface area contributed by atoms with Crippen LogP contribution in [-0.2, 0) is 0 Å². The van der Waals surface area contributed by atoms with Crippen LogP contribution in [0.15, 0.2) is 71.5 Å². The van der Waals surface area contributed by atoms with Gasteiger partial charge in [-0.3, -0.25) is 9.36 Å². The van der Waals surface area contributed by atoms with E-state index in [2.05, 4.69) is 50.4 Å². The van der Waals surface area contributed by atoms with Crippen LogP contribution < -0.4 is 10.9 Å². The zero-order valence-corrected chi connectivity index (χ0v) is 17.3. The summed E-state index contributed by atoms with van der Waals surface area (Å²) in [5.74, 6) is 1.46. The monoisotopic (exact) mass is 386 g/mol. The van der Waals surface area contributed by atoms with Gasteiger partial charge in [0.1, 0.15) is 6.04 Å². The van der Waals surface area contributed by atoms with E-state index in [4.69, 9.17) is 4.98 Å². The number of nitrogens with two attached hydrogens (primary N) is 1. The SMILES string of the molecule is CC(C)CC[NH2+][C@H](C)c1nc2ccccc2c(=O)n1-c1ccc2ccccc2c1. The van der Waals surface area contributed by atoms with Gasteiger partial charge in [0, 0.05) is 0 Å². The third-order valence-corrected chi connectivity index (χ3v) is 5.46. The van der Waals surface area contributed by atoms with Crippen LogP contribution in [0.3, 0.4) is 0 Å². The van der Waals surface area contributed by atoms with Gasteiger partial charge in [-0.25, -0.2) is 4.98 Å². The Kier molecular flexibility index (Phi) is 5.45. The third kappa shape index (κ3) is 3.94. The highest BCUT2D eigenvalue weighted by Gasteiger charge is 2.20. The summed E-state index contributed by atoms with van der Waals surface area (Å²) in [7, 11) is 0. The molecule has 0 unspecified atom stereocenters. The van der Waals surface area contributed by atoms with E-state index in [0.717, 1.165) is 40.8 Å². The first-order valence-electron chi connectivity index (χ1n) is 10.4. The Morgan fingerprint density at radius 2 is 1.66 bits per heavy atom. The van der Waals surface area contributed by atoms with Gasteiger partial charge >= 0.3 is 0 Å². The summed E-state index contributed by atoms with van der Waals surface area (Å²) in [5, 5.41) is 5.22. The predicted octanol–water partition coefficient (Wildman–Crippen LogP) is 4.21. The Morgan fingerprint density at radius 3 is 2.45 bits per heavy atom. The molecule has 148 valence electrons. The van der Waals surface area contributed by atoms with E-state index in [1.807, 2.05) is 42.5 Å². The Labute approximate surface area is 171 Å². The maximum Gasteiger partial charge on any atom is 0.266 e. The summed E-state index contributed by atoms with van der Waals surface area (Å²) in [6.45, 7) is 7.61. The average molecular weight is 387 g/mol. The standard InChI is InChI=1S/C25H27N3O/c1-17(2)14-15-26-18(3)24-27-23-11-7-6-10-22(23)25(29)28(24)21-13-12-19-8-4-5-9-20(19)16-21/h4-13,16-18,26H,14-15H2,1-3H3/p+1/t18-/m1/s1. The Hall–Kier alpha value is -2.98.